The van der Waals surface area contributed by atoms with Crippen molar-refractivity contribution in [2.45, 2.75) is 77.7 Å². The Kier molecular flexibility index (Phi) is 9.27. The minimum Gasteiger partial charge on any atom is -0.491 e. The van der Waals surface area contributed by atoms with Crippen molar-refractivity contribution in [2.24, 2.45) is 4.99 Å². The second kappa shape index (κ2) is 12.2. The zero-order valence-electron chi connectivity index (χ0n) is 18.9. The Labute approximate surface area is 182 Å². The van der Waals surface area contributed by atoms with E-state index in [-0.39, 0.29) is 6.10 Å². The third kappa shape index (κ3) is 7.47. The van der Waals surface area contributed by atoms with Crippen LogP contribution in [0.5, 0.6) is 5.75 Å². The molecule has 1 unspecified atom stereocenters. The van der Waals surface area contributed by atoms with E-state index in [9.17, 15) is 0 Å². The smallest absolute Gasteiger partial charge is 0.194 e. The van der Waals surface area contributed by atoms with Gasteiger partial charge in [-0.05, 0) is 70.6 Å². The van der Waals surface area contributed by atoms with Gasteiger partial charge in [-0.2, -0.15) is 0 Å². The molecule has 6 heteroatoms. The molecule has 0 radical (unpaired) electrons. The largest absolute Gasteiger partial charge is 0.491 e. The molecule has 6 nitrogen and oxygen atoms in total. The maximum atomic E-state index is 6.16. The van der Waals surface area contributed by atoms with Crippen LogP contribution in [0, 0.1) is 0 Å². The van der Waals surface area contributed by atoms with Crippen LogP contribution in [0.3, 0.4) is 0 Å². The SMILES string of the molecule is CCNC(=NCc1cccc(OC(C)C)c1)N1CCC(OCC2CCCCO2)CC1. The lowest BCUT2D eigenvalue weighted by atomic mass is 10.1. The minimum absolute atomic E-state index is 0.175. The topological polar surface area (TPSA) is 55.3 Å². The molecule has 2 aliphatic heterocycles. The molecule has 30 heavy (non-hydrogen) atoms. The molecular weight excluding hydrogens is 378 g/mol. The monoisotopic (exact) mass is 417 g/mol. The van der Waals surface area contributed by atoms with Crippen molar-refractivity contribution < 1.29 is 14.2 Å². The Balaban J connectivity index is 1.48. The van der Waals surface area contributed by atoms with Gasteiger partial charge in [-0.15, -0.1) is 0 Å². The summed E-state index contributed by atoms with van der Waals surface area (Å²) >= 11 is 0. The van der Waals surface area contributed by atoms with Crippen molar-refractivity contribution in [3.63, 3.8) is 0 Å². The molecular formula is C24H39N3O3. The van der Waals surface area contributed by atoms with E-state index in [2.05, 4.69) is 29.3 Å². The molecule has 168 valence electrons. The zero-order chi connectivity index (χ0) is 21.2. The van der Waals surface area contributed by atoms with Crippen LogP contribution in [0.4, 0.5) is 0 Å². The summed E-state index contributed by atoms with van der Waals surface area (Å²) in [4.78, 5) is 7.24. The fourth-order valence-corrected chi connectivity index (χ4v) is 4.00. The van der Waals surface area contributed by atoms with Gasteiger partial charge in [0.2, 0.25) is 0 Å². The Morgan fingerprint density at radius 2 is 2.07 bits per heavy atom. The molecule has 2 heterocycles. The third-order valence-electron chi connectivity index (χ3n) is 5.55. The quantitative estimate of drug-likeness (QED) is 0.512. The molecule has 0 aliphatic carbocycles. The number of hydrogen-bond acceptors (Lipinski definition) is 4. The second-order valence-corrected chi connectivity index (χ2v) is 8.49. The predicted molar refractivity (Wildman–Crippen MR) is 121 cm³/mol. The minimum atomic E-state index is 0.175. The highest BCUT2D eigenvalue weighted by atomic mass is 16.5. The maximum Gasteiger partial charge on any atom is 0.194 e. The van der Waals surface area contributed by atoms with Crippen LogP contribution in [0.2, 0.25) is 0 Å². The third-order valence-corrected chi connectivity index (χ3v) is 5.55. The van der Waals surface area contributed by atoms with Gasteiger partial charge in [0, 0.05) is 26.2 Å². The van der Waals surface area contributed by atoms with Crippen LogP contribution in [0.25, 0.3) is 0 Å². The standard InChI is InChI=1S/C24H39N3O3/c1-4-25-24(26-17-20-8-7-10-22(16-20)30-19(2)3)27-13-11-21(12-14-27)29-18-23-9-5-6-15-28-23/h7-8,10,16,19,21,23H,4-6,9,11-15,17-18H2,1-3H3,(H,25,26). The molecule has 0 spiro atoms. The molecule has 0 saturated carbocycles. The number of likely N-dealkylation sites (tertiary alicyclic amines) is 1. The van der Waals surface area contributed by atoms with Crippen molar-refractivity contribution in [3.05, 3.63) is 29.8 Å². The van der Waals surface area contributed by atoms with Gasteiger partial charge < -0.3 is 24.4 Å². The number of rotatable bonds is 8. The summed E-state index contributed by atoms with van der Waals surface area (Å²) in [5.74, 6) is 1.89. The first kappa shape index (κ1) is 22.9. The van der Waals surface area contributed by atoms with E-state index in [1.54, 1.807) is 0 Å². The first-order valence-corrected chi connectivity index (χ1v) is 11.7. The van der Waals surface area contributed by atoms with E-state index in [0.29, 0.717) is 18.8 Å². The van der Waals surface area contributed by atoms with E-state index in [0.717, 1.165) is 69.4 Å². The number of aliphatic imine (C=N–C) groups is 1. The predicted octanol–water partition coefficient (Wildman–Crippen LogP) is 3.99. The average molecular weight is 418 g/mol. The number of guanidine groups is 1. The summed E-state index contributed by atoms with van der Waals surface area (Å²) in [6.45, 7) is 11.3. The number of hydrogen-bond donors (Lipinski definition) is 1. The Hall–Kier alpha value is -1.79. The lowest BCUT2D eigenvalue weighted by Crippen LogP contribution is -2.47. The normalized spacial score (nSPS) is 21.1. The summed E-state index contributed by atoms with van der Waals surface area (Å²) in [5.41, 5.74) is 1.16. The number of nitrogens with one attached hydrogen (secondary N) is 1. The lowest BCUT2D eigenvalue weighted by Gasteiger charge is -2.35. The van der Waals surface area contributed by atoms with Crippen molar-refractivity contribution in [1.82, 2.24) is 10.2 Å². The number of piperidine rings is 1. The molecule has 1 aromatic rings. The molecule has 1 atom stereocenters. The highest BCUT2D eigenvalue weighted by Crippen LogP contribution is 2.19. The molecule has 2 aliphatic rings. The van der Waals surface area contributed by atoms with Crippen LogP contribution in [-0.2, 0) is 16.0 Å². The van der Waals surface area contributed by atoms with Crippen LogP contribution in [0.1, 0.15) is 58.4 Å². The van der Waals surface area contributed by atoms with Gasteiger partial charge in [0.25, 0.3) is 0 Å². The molecule has 1 N–H and O–H groups in total. The van der Waals surface area contributed by atoms with Gasteiger partial charge in [-0.3, -0.25) is 0 Å². The van der Waals surface area contributed by atoms with Gasteiger partial charge in [-0.1, -0.05) is 12.1 Å². The van der Waals surface area contributed by atoms with Crippen LogP contribution < -0.4 is 10.1 Å². The second-order valence-electron chi connectivity index (χ2n) is 8.49. The molecule has 1 aromatic carbocycles. The van der Waals surface area contributed by atoms with Crippen LogP contribution in [-0.4, -0.2) is 62.0 Å². The number of benzene rings is 1. The maximum absolute atomic E-state index is 6.16. The molecule has 0 aromatic heterocycles. The van der Waals surface area contributed by atoms with E-state index in [1.807, 2.05) is 26.0 Å². The fraction of sp³-hybridized carbons (Fsp3) is 0.708. The molecule has 2 fully saturated rings. The first-order chi connectivity index (χ1) is 14.6. The van der Waals surface area contributed by atoms with Crippen molar-refractivity contribution >= 4 is 5.96 Å². The van der Waals surface area contributed by atoms with Gasteiger partial charge >= 0.3 is 0 Å². The van der Waals surface area contributed by atoms with Gasteiger partial charge in [0.05, 0.1) is 31.5 Å². The Morgan fingerprint density at radius 3 is 2.77 bits per heavy atom. The van der Waals surface area contributed by atoms with Crippen molar-refractivity contribution in [2.75, 3.05) is 32.8 Å². The fourth-order valence-electron chi connectivity index (χ4n) is 4.00. The van der Waals surface area contributed by atoms with E-state index in [1.165, 1.54) is 12.8 Å². The molecule has 0 amide bonds. The van der Waals surface area contributed by atoms with E-state index in [4.69, 9.17) is 19.2 Å². The zero-order valence-corrected chi connectivity index (χ0v) is 18.9. The lowest BCUT2D eigenvalue weighted by molar-refractivity contribution is -0.0721. The van der Waals surface area contributed by atoms with Crippen molar-refractivity contribution in [3.8, 4) is 5.75 Å². The highest BCUT2D eigenvalue weighted by molar-refractivity contribution is 5.80. The Bertz CT molecular complexity index is 651. The molecule has 3 rings (SSSR count). The summed E-state index contributed by atoms with van der Waals surface area (Å²) in [5, 5.41) is 3.45. The van der Waals surface area contributed by atoms with Crippen LogP contribution in [0.15, 0.2) is 29.3 Å². The van der Waals surface area contributed by atoms with E-state index >= 15 is 0 Å². The molecule has 0 bridgehead atoms. The van der Waals surface area contributed by atoms with Crippen molar-refractivity contribution in [1.29, 1.82) is 0 Å². The summed E-state index contributed by atoms with van der Waals surface area (Å²) < 4.78 is 17.8. The van der Waals surface area contributed by atoms with Gasteiger partial charge in [0.1, 0.15) is 5.75 Å². The number of nitrogens with zero attached hydrogens (tertiary/aromatic N) is 2. The summed E-state index contributed by atoms with van der Waals surface area (Å²) in [7, 11) is 0. The van der Waals surface area contributed by atoms with Gasteiger partial charge in [-0.25, -0.2) is 4.99 Å². The summed E-state index contributed by atoms with van der Waals surface area (Å²) in [6.07, 6.45) is 6.47. The highest BCUT2D eigenvalue weighted by Gasteiger charge is 2.23. The van der Waals surface area contributed by atoms with Gasteiger partial charge in [0.15, 0.2) is 5.96 Å². The summed E-state index contributed by atoms with van der Waals surface area (Å²) in [6, 6.07) is 8.23. The number of ether oxygens (including phenoxy) is 3. The van der Waals surface area contributed by atoms with E-state index < -0.39 is 0 Å². The molecule has 2 saturated heterocycles. The first-order valence-electron chi connectivity index (χ1n) is 11.7. The average Bonchev–Trinajstić information content (AvgIpc) is 2.76. The Morgan fingerprint density at radius 1 is 1.23 bits per heavy atom. The van der Waals surface area contributed by atoms with Crippen LogP contribution >= 0.6 is 0 Å².